The minimum absolute atomic E-state index is 0.0403. The Balaban J connectivity index is 2.28. The smallest absolute Gasteiger partial charge is 0.245 e. The normalized spacial score (nSPS) is 19.7. The maximum absolute atomic E-state index is 12.9. The number of carbonyl (C=O) groups excluding carboxylic acids is 3. The quantitative estimate of drug-likeness (QED) is 0.771. The van der Waals surface area contributed by atoms with Gasteiger partial charge in [-0.2, -0.15) is 0 Å². The molecule has 3 amide bonds. The zero-order valence-electron chi connectivity index (χ0n) is 15.0. The molecule has 1 aromatic rings. The lowest BCUT2D eigenvalue weighted by Gasteiger charge is -2.31. The average molecular weight is 347 g/mol. The molecule has 0 saturated carbocycles. The van der Waals surface area contributed by atoms with E-state index in [-0.39, 0.29) is 30.8 Å². The summed E-state index contributed by atoms with van der Waals surface area (Å²) in [7, 11) is 3.12. The molecule has 7 heteroatoms. The van der Waals surface area contributed by atoms with E-state index in [1.807, 2.05) is 30.3 Å². The van der Waals surface area contributed by atoms with Crippen LogP contribution in [0.1, 0.15) is 12.5 Å². The van der Waals surface area contributed by atoms with Crippen LogP contribution in [-0.2, 0) is 25.7 Å². The Hall–Kier alpha value is -2.41. The van der Waals surface area contributed by atoms with Crippen LogP contribution in [0.3, 0.4) is 0 Å². The maximum Gasteiger partial charge on any atom is 0.245 e. The number of methoxy groups -OCH3 is 1. The molecule has 0 bridgehead atoms. The van der Waals surface area contributed by atoms with Gasteiger partial charge in [-0.3, -0.25) is 14.4 Å². The van der Waals surface area contributed by atoms with Gasteiger partial charge in [0.2, 0.25) is 17.7 Å². The molecule has 1 unspecified atom stereocenters. The van der Waals surface area contributed by atoms with Crippen molar-refractivity contribution in [3.05, 3.63) is 35.9 Å². The van der Waals surface area contributed by atoms with E-state index in [1.165, 1.54) is 14.7 Å². The van der Waals surface area contributed by atoms with Crippen LogP contribution in [0, 0.1) is 0 Å². The summed E-state index contributed by atoms with van der Waals surface area (Å²) >= 11 is 0. The molecular weight excluding hydrogens is 322 g/mol. The summed E-state index contributed by atoms with van der Waals surface area (Å²) in [5, 5.41) is 0. The molecule has 1 atom stereocenters. The Morgan fingerprint density at radius 1 is 1.08 bits per heavy atom. The first-order valence-corrected chi connectivity index (χ1v) is 8.29. The van der Waals surface area contributed by atoms with Gasteiger partial charge in [0.05, 0.1) is 19.7 Å². The fourth-order valence-corrected chi connectivity index (χ4v) is 2.75. The highest BCUT2D eigenvalue weighted by Gasteiger charge is 2.33. The Labute approximate surface area is 148 Å². The summed E-state index contributed by atoms with van der Waals surface area (Å²) in [6, 6.07) is 8.86. The standard InChI is InChI=1S/C18H25N3O4/c1-14-18(24)20(9-10-25-3)13-16(22)19(2)12-17(23)21(14)11-15-7-5-4-6-8-15/h4-8,14H,9-13H2,1-3H3. The molecule has 1 aliphatic rings. The van der Waals surface area contributed by atoms with Crippen LogP contribution in [0.15, 0.2) is 30.3 Å². The van der Waals surface area contributed by atoms with Crippen molar-refractivity contribution >= 4 is 17.7 Å². The molecule has 1 heterocycles. The molecule has 7 nitrogen and oxygen atoms in total. The lowest BCUT2D eigenvalue weighted by atomic mass is 10.1. The number of carbonyl (C=O) groups is 3. The summed E-state index contributed by atoms with van der Waals surface area (Å²) in [6.07, 6.45) is 0. The van der Waals surface area contributed by atoms with E-state index in [0.717, 1.165) is 5.56 Å². The molecule has 25 heavy (non-hydrogen) atoms. The Morgan fingerprint density at radius 3 is 2.40 bits per heavy atom. The third-order valence-electron chi connectivity index (χ3n) is 4.34. The zero-order chi connectivity index (χ0) is 18.4. The first-order valence-electron chi connectivity index (χ1n) is 8.29. The van der Waals surface area contributed by atoms with Crippen LogP contribution in [0.4, 0.5) is 0 Å². The van der Waals surface area contributed by atoms with Crippen molar-refractivity contribution in [1.29, 1.82) is 0 Å². The van der Waals surface area contributed by atoms with E-state index in [4.69, 9.17) is 4.74 Å². The van der Waals surface area contributed by atoms with Crippen LogP contribution in [-0.4, -0.2) is 78.9 Å². The molecule has 0 N–H and O–H groups in total. The highest BCUT2D eigenvalue weighted by atomic mass is 16.5. The molecular formula is C18H25N3O4. The molecule has 1 saturated heterocycles. The van der Waals surface area contributed by atoms with Crippen molar-refractivity contribution in [2.75, 3.05) is 40.4 Å². The van der Waals surface area contributed by atoms with Crippen molar-refractivity contribution in [3.8, 4) is 0 Å². The van der Waals surface area contributed by atoms with E-state index in [1.54, 1.807) is 21.1 Å². The molecule has 2 rings (SSSR count). The second kappa shape index (κ2) is 8.62. The molecule has 0 aromatic heterocycles. The molecule has 1 aromatic carbocycles. The largest absolute Gasteiger partial charge is 0.383 e. The van der Waals surface area contributed by atoms with E-state index in [0.29, 0.717) is 19.7 Å². The number of rotatable bonds is 5. The van der Waals surface area contributed by atoms with Gasteiger partial charge in [-0.15, -0.1) is 0 Å². The number of benzene rings is 1. The Morgan fingerprint density at radius 2 is 1.76 bits per heavy atom. The Bertz CT molecular complexity index is 620. The molecule has 136 valence electrons. The predicted molar refractivity (Wildman–Crippen MR) is 92.5 cm³/mol. The van der Waals surface area contributed by atoms with Crippen LogP contribution < -0.4 is 0 Å². The van der Waals surface area contributed by atoms with Crippen molar-refractivity contribution in [2.24, 2.45) is 0 Å². The number of likely N-dealkylation sites (N-methyl/N-ethyl adjacent to an activating group) is 1. The second-order valence-electron chi connectivity index (χ2n) is 6.19. The SMILES string of the molecule is COCCN1CC(=O)N(C)CC(=O)N(Cc2ccccc2)C(C)C1=O. The molecule has 0 radical (unpaired) electrons. The number of nitrogens with zero attached hydrogens (tertiary/aromatic N) is 3. The summed E-state index contributed by atoms with van der Waals surface area (Å²) in [6.45, 7) is 2.59. The van der Waals surface area contributed by atoms with Crippen LogP contribution in [0.25, 0.3) is 0 Å². The topological polar surface area (TPSA) is 70.2 Å². The number of amides is 3. The third kappa shape index (κ3) is 4.79. The Kier molecular flexibility index (Phi) is 6.52. The fraction of sp³-hybridized carbons (Fsp3) is 0.500. The number of hydrogen-bond acceptors (Lipinski definition) is 4. The van der Waals surface area contributed by atoms with Gasteiger partial charge >= 0.3 is 0 Å². The summed E-state index contributed by atoms with van der Waals surface area (Å²) < 4.78 is 5.04. The van der Waals surface area contributed by atoms with Gasteiger partial charge in [0.25, 0.3) is 0 Å². The van der Waals surface area contributed by atoms with Crippen molar-refractivity contribution in [2.45, 2.75) is 19.5 Å². The predicted octanol–water partition coefficient (Wildman–Crippen LogP) is 0.351. The minimum Gasteiger partial charge on any atom is -0.383 e. The van der Waals surface area contributed by atoms with Crippen LogP contribution >= 0.6 is 0 Å². The molecule has 0 aliphatic carbocycles. The van der Waals surface area contributed by atoms with E-state index in [2.05, 4.69) is 0 Å². The van der Waals surface area contributed by atoms with Gasteiger partial charge in [0, 0.05) is 27.2 Å². The van der Waals surface area contributed by atoms with Crippen molar-refractivity contribution in [1.82, 2.24) is 14.7 Å². The first-order chi connectivity index (χ1) is 11.9. The second-order valence-corrected chi connectivity index (χ2v) is 6.19. The number of hydrogen-bond donors (Lipinski definition) is 0. The van der Waals surface area contributed by atoms with Crippen LogP contribution in [0.2, 0.25) is 0 Å². The van der Waals surface area contributed by atoms with Gasteiger partial charge in [0.1, 0.15) is 6.04 Å². The first kappa shape index (κ1) is 18.9. The van der Waals surface area contributed by atoms with Gasteiger partial charge in [-0.05, 0) is 12.5 Å². The zero-order valence-corrected chi connectivity index (χ0v) is 15.0. The summed E-state index contributed by atoms with van der Waals surface area (Å²) in [4.78, 5) is 42.2. The highest BCUT2D eigenvalue weighted by molar-refractivity contribution is 5.94. The lowest BCUT2D eigenvalue weighted by molar-refractivity contribution is -0.145. The molecule has 0 spiro atoms. The molecule has 1 fully saturated rings. The monoisotopic (exact) mass is 347 g/mol. The van der Waals surface area contributed by atoms with E-state index < -0.39 is 6.04 Å². The van der Waals surface area contributed by atoms with Gasteiger partial charge in [-0.25, -0.2) is 0 Å². The average Bonchev–Trinajstić information content (AvgIpc) is 2.63. The summed E-state index contributed by atoms with van der Waals surface area (Å²) in [5.41, 5.74) is 0.937. The van der Waals surface area contributed by atoms with Gasteiger partial charge in [0.15, 0.2) is 0 Å². The van der Waals surface area contributed by atoms with Gasteiger partial charge in [-0.1, -0.05) is 30.3 Å². The molecule has 1 aliphatic heterocycles. The van der Waals surface area contributed by atoms with E-state index in [9.17, 15) is 14.4 Å². The van der Waals surface area contributed by atoms with Crippen molar-refractivity contribution in [3.63, 3.8) is 0 Å². The van der Waals surface area contributed by atoms with Crippen molar-refractivity contribution < 1.29 is 19.1 Å². The highest BCUT2D eigenvalue weighted by Crippen LogP contribution is 2.14. The van der Waals surface area contributed by atoms with Crippen LogP contribution in [0.5, 0.6) is 0 Å². The van der Waals surface area contributed by atoms with Gasteiger partial charge < -0.3 is 19.4 Å². The lowest BCUT2D eigenvalue weighted by Crippen LogP contribution is -2.50. The summed E-state index contributed by atoms with van der Waals surface area (Å²) in [5.74, 6) is -0.745. The number of ether oxygens (including phenoxy) is 1. The fourth-order valence-electron chi connectivity index (χ4n) is 2.75. The minimum atomic E-state index is -0.649. The maximum atomic E-state index is 12.9. The van der Waals surface area contributed by atoms with E-state index >= 15 is 0 Å². The third-order valence-corrected chi connectivity index (χ3v) is 4.34.